The standard InChI is InChI=1S/C9H13BNO2.CH3.Y/c1-3-9(13)5-8(11-6-10)4-7(2)12;;/h1,3-6H2,2H3;1H3;/q2*-1;. The predicted octanol–water partition coefficient (Wildman–Crippen LogP) is 1.16. The number of aliphatic imine (C=N–C) groups is 1. The first-order valence-electron chi connectivity index (χ1n) is 4.12. The molecule has 0 spiro atoms. The molecule has 0 rings (SSSR count). The van der Waals surface area contributed by atoms with Crippen LogP contribution in [0.5, 0.6) is 0 Å². The van der Waals surface area contributed by atoms with Gasteiger partial charge < -0.3 is 24.1 Å². The summed E-state index contributed by atoms with van der Waals surface area (Å²) in [7, 11) is 5.20. The zero-order chi connectivity index (χ0) is 10.3. The molecule has 81 valence electrons. The molecule has 5 heteroatoms. The molecule has 0 bridgehead atoms. The third-order valence-corrected chi connectivity index (χ3v) is 1.45. The Hall–Kier alpha value is 0.179. The molecule has 0 aromatic rings. The van der Waals surface area contributed by atoms with E-state index in [0.29, 0.717) is 5.71 Å². The van der Waals surface area contributed by atoms with E-state index < -0.39 is 0 Å². The van der Waals surface area contributed by atoms with E-state index in [0.717, 1.165) is 0 Å². The molecule has 0 aromatic carbocycles. The molecule has 0 aliphatic carbocycles. The van der Waals surface area contributed by atoms with Crippen molar-refractivity contribution >= 4 is 25.1 Å². The van der Waals surface area contributed by atoms with Crippen molar-refractivity contribution in [2.75, 3.05) is 6.44 Å². The number of ketones is 2. The molecule has 0 heterocycles. The summed E-state index contributed by atoms with van der Waals surface area (Å²) in [5.41, 5.74) is 0.559. The molecule has 0 atom stereocenters. The fraction of sp³-hybridized carbons (Fsp3) is 0.500. The first-order chi connectivity index (χ1) is 6.10. The van der Waals surface area contributed by atoms with Gasteiger partial charge in [0.1, 0.15) is 11.6 Å². The summed E-state index contributed by atoms with van der Waals surface area (Å²) in [5, 5.41) is 0. The second-order valence-electron chi connectivity index (χ2n) is 2.75. The normalized spacial score (nSPS) is 9.87. The molecule has 0 unspecified atom stereocenters. The van der Waals surface area contributed by atoms with E-state index in [1.165, 1.54) is 6.92 Å². The van der Waals surface area contributed by atoms with Crippen molar-refractivity contribution in [3.63, 3.8) is 0 Å². The second kappa shape index (κ2) is 12.2. The number of nitrogens with zero attached hydrogens (tertiary/aromatic N) is 1. The quantitative estimate of drug-likeness (QED) is 0.417. The minimum Gasteiger partial charge on any atom is -0.358 e. The average molecular weight is 282 g/mol. The Morgan fingerprint density at radius 3 is 2.20 bits per heavy atom. The van der Waals surface area contributed by atoms with Crippen LogP contribution in [0.3, 0.4) is 0 Å². The van der Waals surface area contributed by atoms with Crippen molar-refractivity contribution in [3.8, 4) is 0 Å². The van der Waals surface area contributed by atoms with Crippen LogP contribution < -0.4 is 0 Å². The summed E-state index contributed by atoms with van der Waals surface area (Å²) in [5.74, 6) is -0.0301. The van der Waals surface area contributed by atoms with Gasteiger partial charge >= 0.3 is 0 Å². The summed E-state index contributed by atoms with van der Waals surface area (Å²) >= 11 is 0. The van der Waals surface area contributed by atoms with Gasteiger partial charge in [-0.3, -0.25) is 4.79 Å². The second-order valence-corrected chi connectivity index (χ2v) is 2.75. The molecule has 0 amide bonds. The van der Waals surface area contributed by atoms with Gasteiger partial charge in [-0.2, -0.15) is 0 Å². The van der Waals surface area contributed by atoms with Gasteiger partial charge in [-0.15, -0.1) is 6.42 Å². The maximum atomic E-state index is 11.0. The maximum absolute atomic E-state index is 11.0. The van der Waals surface area contributed by atoms with Gasteiger partial charge in [0.15, 0.2) is 0 Å². The maximum Gasteiger partial charge on any atom is 0.135 e. The van der Waals surface area contributed by atoms with E-state index >= 15 is 0 Å². The van der Waals surface area contributed by atoms with Crippen LogP contribution in [0.25, 0.3) is 0 Å². The van der Waals surface area contributed by atoms with Crippen molar-refractivity contribution in [3.05, 3.63) is 14.4 Å². The molecule has 0 fully saturated rings. The molecule has 0 aliphatic heterocycles. The fourth-order valence-corrected chi connectivity index (χ4v) is 0.907. The summed E-state index contributed by atoms with van der Waals surface area (Å²) in [6, 6.07) is 0. The average Bonchev–Trinajstić information content (AvgIpc) is 2.03. The summed E-state index contributed by atoms with van der Waals surface area (Å²) < 4.78 is 0. The topological polar surface area (TPSA) is 46.5 Å². The Morgan fingerprint density at radius 2 is 1.87 bits per heavy atom. The van der Waals surface area contributed by atoms with Gasteiger partial charge in [-0.05, 0) is 13.4 Å². The Labute approximate surface area is 119 Å². The first kappa shape index (κ1) is 20.6. The number of hydrogen-bond acceptors (Lipinski definition) is 3. The number of carbonyl (C=O) groups is 2. The summed E-state index contributed by atoms with van der Waals surface area (Å²) in [4.78, 5) is 25.6. The fourth-order valence-electron chi connectivity index (χ4n) is 0.907. The Balaban J connectivity index is -0.000000720. The van der Waals surface area contributed by atoms with E-state index in [1.807, 2.05) is 0 Å². The number of rotatable bonds is 6. The Morgan fingerprint density at radius 1 is 1.33 bits per heavy atom. The van der Waals surface area contributed by atoms with E-state index in [9.17, 15) is 9.59 Å². The summed E-state index contributed by atoms with van der Waals surface area (Å²) in [6.45, 7) is 4.92. The van der Waals surface area contributed by atoms with Crippen molar-refractivity contribution in [2.24, 2.45) is 4.99 Å². The van der Waals surface area contributed by atoms with Crippen LogP contribution >= 0.6 is 0 Å². The zero-order valence-electron chi connectivity index (χ0n) is 9.45. The van der Waals surface area contributed by atoms with Gasteiger partial charge in [0.05, 0.1) is 7.85 Å². The number of Topliss-reactive ketones (excluding diaryl/α,β-unsaturated/α-hetero) is 2. The zero-order valence-corrected chi connectivity index (χ0v) is 12.3. The van der Waals surface area contributed by atoms with Gasteiger partial charge in [0.25, 0.3) is 0 Å². The molecule has 15 heavy (non-hydrogen) atoms. The van der Waals surface area contributed by atoms with E-state index in [-0.39, 0.29) is 77.4 Å². The van der Waals surface area contributed by atoms with Crippen LogP contribution in [0, 0.1) is 14.4 Å². The summed E-state index contributed by atoms with van der Waals surface area (Å²) in [6.07, 6.45) is 0.748. The van der Waals surface area contributed by atoms with Gasteiger partial charge in [-0.1, -0.05) is 0 Å². The van der Waals surface area contributed by atoms with Crippen LogP contribution in [-0.4, -0.2) is 31.6 Å². The van der Waals surface area contributed by atoms with E-state index in [4.69, 9.17) is 7.85 Å². The first-order valence-corrected chi connectivity index (χ1v) is 4.12. The minimum atomic E-state index is -0.0200. The van der Waals surface area contributed by atoms with Crippen LogP contribution in [0.4, 0.5) is 0 Å². The molecular weight excluding hydrogens is 266 g/mol. The van der Waals surface area contributed by atoms with Crippen molar-refractivity contribution < 1.29 is 42.3 Å². The molecule has 0 aromatic heterocycles. The third-order valence-electron chi connectivity index (χ3n) is 1.45. The van der Waals surface area contributed by atoms with Gasteiger partial charge in [0, 0.05) is 51.3 Å². The Bertz CT molecular complexity index is 229. The van der Waals surface area contributed by atoms with Crippen molar-refractivity contribution in [1.82, 2.24) is 0 Å². The third kappa shape index (κ3) is 12.1. The van der Waals surface area contributed by atoms with Crippen molar-refractivity contribution in [2.45, 2.75) is 26.2 Å². The number of carbonyl (C=O) groups excluding carboxylic acids is 2. The number of hydrogen-bond donors (Lipinski definition) is 0. The van der Waals surface area contributed by atoms with Crippen LogP contribution in [0.1, 0.15) is 26.2 Å². The largest absolute Gasteiger partial charge is 0.358 e. The Kier molecular flexibility index (Phi) is 16.8. The molecule has 0 saturated heterocycles. The molecule has 0 saturated carbocycles. The predicted molar refractivity (Wildman–Crippen MR) is 59.4 cm³/mol. The van der Waals surface area contributed by atoms with Crippen LogP contribution in [0.2, 0.25) is 0 Å². The van der Waals surface area contributed by atoms with Crippen LogP contribution in [-0.2, 0) is 42.3 Å². The van der Waals surface area contributed by atoms with Crippen molar-refractivity contribution in [1.29, 1.82) is 0 Å². The molecule has 0 N–H and O–H groups in total. The van der Waals surface area contributed by atoms with Gasteiger partial charge in [0.2, 0.25) is 0 Å². The SMILES string of the molecule is [B]CN=C(CC(C)=O)CC(=O)C[CH2-].[CH3-].[Y]. The minimum absolute atomic E-state index is 0. The molecular formula is C10H16BNO2Y-2. The molecule has 0 aliphatic rings. The molecule has 3 radical (unpaired) electrons. The van der Waals surface area contributed by atoms with E-state index in [1.54, 1.807) is 0 Å². The monoisotopic (exact) mass is 282 g/mol. The van der Waals surface area contributed by atoms with E-state index in [2.05, 4.69) is 11.9 Å². The van der Waals surface area contributed by atoms with Crippen LogP contribution in [0.15, 0.2) is 4.99 Å². The van der Waals surface area contributed by atoms with Gasteiger partial charge in [-0.25, -0.2) is 0 Å². The smallest absolute Gasteiger partial charge is 0.135 e. The molecule has 3 nitrogen and oxygen atoms in total.